The van der Waals surface area contributed by atoms with Gasteiger partial charge in [0.25, 0.3) is 0 Å². The van der Waals surface area contributed by atoms with Gasteiger partial charge in [0.05, 0.1) is 12.7 Å². The van der Waals surface area contributed by atoms with Crippen LogP contribution in [-0.2, 0) is 10.2 Å². The number of likely N-dealkylation sites (N-methyl/N-ethyl adjacent to an activating group) is 1. The third-order valence-corrected chi connectivity index (χ3v) is 2.96. The van der Waals surface area contributed by atoms with Crippen molar-refractivity contribution in [3.63, 3.8) is 0 Å². The molecule has 0 saturated carbocycles. The minimum absolute atomic E-state index is 0.0376. The van der Waals surface area contributed by atoms with Crippen molar-refractivity contribution in [3.8, 4) is 0 Å². The fraction of sp³-hybridized carbons (Fsp3) is 0.571. The van der Waals surface area contributed by atoms with Crippen LogP contribution in [0.1, 0.15) is 31.1 Å². The first-order chi connectivity index (χ1) is 8.01. The van der Waals surface area contributed by atoms with E-state index in [1.807, 2.05) is 19.2 Å². The molecule has 0 heterocycles. The molecule has 0 aliphatic carbocycles. The zero-order valence-corrected chi connectivity index (χ0v) is 11.2. The lowest BCUT2D eigenvalue weighted by atomic mass is 9.84. The summed E-state index contributed by atoms with van der Waals surface area (Å²) < 4.78 is 5.23. The quantitative estimate of drug-likeness (QED) is 0.793. The zero-order chi connectivity index (χ0) is 12.9. The molecule has 1 aromatic carbocycles. The van der Waals surface area contributed by atoms with Crippen molar-refractivity contribution in [3.05, 3.63) is 35.4 Å². The Balaban J connectivity index is 2.92. The second-order valence-corrected chi connectivity index (χ2v) is 5.02. The molecule has 17 heavy (non-hydrogen) atoms. The van der Waals surface area contributed by atoms with Crippen LogP contribution < -0.4 is 5.32 Å². The molecule has 2 N–H and O–H groups in total. The number of rotatable bonds is 6. The Labute approximate surface area is 104 Å². The van der Waals surface area contributed by atoms with Crippen LogP contribution in [0.5, 0.6) is 0 Å². The predicted octanol–water partition coefficient (Wildman–Crippen LogP) is 1.86. The number of ether oxygens (including phenoxy) is 1. The van der Waals surface area contributed by atoms with Crippen molar-refractivity contribution < 1.29 is 9.84 Å². The molecule has 3 nitrogen and oxygen atoms in total. The van der Waals surface area contributed by atoms with Crippen LogP contribution in [0.3, 0.4) is 0 Å². The third-order valence-electron chi connectivity index (χ3n) is 2.96. The van der Waals surface area contributed by atoms with E-state index in [0.717, 1.165) is 5.56 Å². The summed E-state index contributed by atoms with van der Waals surface area (Å²) >= 11 is 0. The first-order valence-corrected chi connectivity index (χ1v) is 5.93. The van der Waals surface area contributed by atoms with Crippen molar-refractivity contribution in [1.82, 2.24) is 5.32 Å². The average Bonchev–Trinajstić information content (AvgIpc) is 2.29. The molecule has 0 fully saturated rings. The van der Waals surface area contributed by atoms with Crippen LogP contribution in [0.25, 0.3) is 0 Å². The lowest BCUT2D eigenvalue weighted by Gasteiger charge is -2.25. The summed E-state index contributed by atoms with van der Waals surface area (Å²) in [7, 11) is 3.55. The van der Waals surface area contributed by atoms with Crippen LogP contribution in [-0.4, -0.2) is 32.4 Å². The summed E-state index contributed by atoms with van der Waals surface area (Å²) in [6.45, 7) is 5.51. The van der Waals surface area contributed by atoms with Crippen molar-refractivity contribution in [2.24, 2.45) is 0 Å². The first kappa shape index (κ1) is 14.2. The smallest absolute Gasteiger partial charge is 0.0914 e. The summed E-state index contributed by atoms with van der Waals surface area (Å²) in [5.41, 5.74) is 2.09. The number of benzene rings is 1. The van der Waals surface area contributed by atoms with Crippen molar-refractivity contribution in [2.75, 3.05) is 27.3 Å². The van der Waals surface area contributed by atoms with E-state index in [1.54, 1.807) is 7.11 Å². The van der Waals surface area contributed by atoms with E-state index in [1.165, 1.54) is 5.56 Å². The van der Waals surface area contributed by atoms with E-state index >= 15 is 0 Å². The van der Waals surface area contributed by atoms with Gasteiger partial charge >= 0.3 is 0 Å². The molecule has 0 aliphatic heterocycles. The molecule has 0 bridgehead atoms. The summed E-state index contributed by atoms with van der Waals surface area (Å²) in [6, 6.07) is 8.07. The minimum Gasteiger partial charge on any atom is -0.387 e. The highest BCUT2D eigenvalue weighted by Gasteiger charge is 2.21. The highest BCUT2D eigenvalue weighted by atomic mass is 16.5. The molecule has 0 saturated heterocycles. The van der Waals surface area contributed by atoms with E-state index in [9.17, 15) is 5.11 Å². The molecular formula is C14H23NO2. The lowest BCUT2D eigenvalue weighted by molar-refractivity contribution is 0.146. The molecule has 0 aliphatic rings. The third kappa shape index (κ3) is 3.80. The van der Waals surface area contributed by atoms with Gasteiger partial charge in [0, 0.05) is 19.1 Å². The van der Waals surface area contributed by atoms with Crippen LogP contribution in [0.4, 0.5) is 0 Å². The Kier molecular flexibility index (Phi) is 5.12. The SMILES string of the molecule is CNCC(O)c1cccc(C(C)(C)COC)c1. The summed E-state index contributed by atoms with van der Waals surface area (Å²) in [4.78, 5) is 0. The lowest BCUT2D eigenvalue weighted by Crippen LogP contribution is -2.24. The molecule has 1 atom stereocenters. The molecule has 3 heteroatoms. The highest BCUT2D eigenvalue weighted by molar-refractivity contribution is 5.30. The van der Waals surface area contributed by atoms with Crippen molar-refractivity contribution >= 4 is 0 Å². The molecule has 0 radical (unpaired) electrons. The van der Waals surface area contributed by atoms with Gasteiger partial charge in [-0.3, -0.25) is 0 Å². The summed E-state index contributed by atoms with van der Waals surface area (Å²) in [5, 5.41) is 12.9. The number of hydrogen-bond donors (Lipinski definition) is 2. The monoisotopic (exact) mass is 237 g/mol. The fourth-order valence-corrected chi connectivity index (χ4v) is 1.92. The van der Waals surface area contributed by atoms with Gasteiger partial charge in [-0.05, 0) is 18.2 Å². The number of methoxy groups -OCH3 is 1. The normalized spacial score (nSPS) is 13.7. The van der Waals surface area contributed by atoms with E-state index < -0.39 is 6.10 Å². The minimum atomic E-state index is -0.460. The zero-order valence-electron chi connectivity index (χ0n) is 11.2. The van der Waals surface area contributed by atoms with Gasteiger partial charge < -0.3 is 15.2 Å². The Morgan fingerprint density at radius 1 is 1.41 bits per heavy atom. The fourth-order valence-electron chi connectivity index (χ4n) is 1.92. The number of hydrogen-bond acceptors (Lipinski definition) is 3. The number of aliphatic hydroxyl groups is 1. The highest BCUT2D eigenvalue weighted by Crippen LogP contribution is 2.25. The molecule has 1 rings (SSSR count). The van der Waals surface area contributed by atoms with E-state index in [2.05, 4.69) is 31.3 Å². The van der Waals surface area contributed by atoms with Crippen molar-refractivity contribution in [1.29, 1.82) is 0 Å². The second kappa shape index (κ2) is 6.15. The molecule has 96 valence electrons. The van der Waals surface area contributed by atoms with E-state index in [4.69, 9.17) is 4.74 Å². The van der Waals surface area contributed by atoms with Crippen LogP contribution in [0.2, 0.25) is 0 Å². The molecule has 0 amide bonds. The van der Waals surface area contributed by atoms with Gasteiger partial charge in [0.2, 0.25) is 0 Å². The molecule has 1 unspecified atom stereocenters. The first-order valence-electron chi connectivity index (χ1n) is 5.93. The maximum absolute atomic E-state index is 9.95. The number of nitrogens with one attached hydrogen (secondary N) is 1. The Morgan fingerprint density at radius 3 is 2.71 bits per heavy atom. The summed E-state index contributed by atoms with van der Waals surface area (Å²) in [6.07, 6.45) is -0.460. The molecular weight excluding hydrogens is 214 g/mol. The summed E-state index contributed by atoms with van der Waals surface area (Å²) in [5.74, 6) is 0. The van der Waals surface area contributed by atoms with Crippen LogP contribution in [0.15, 0.2) is 24.3 Å². The average molecular weight is 237 g/mol. The Hall–Kier alpha value is -0.900. The van der Waals surface area contributed by atoms with Crippen LogP contribution in [0, 0.1) is 0 Å². The predicted molar refractivity (Wildman–Crippen MR) is 70.2 cm³/mol. The van der Waals surface area contributed by atoms with Gasteiger partial charge in [-0.1, -0.05) is 38.1 Å². The second-order valence-electron chi connectivity index (χ2n) is 5.02. The van der Waals surface area contributed by atoms with E-state index in [0.29, 0.717) is 13.2 Å². The Morgan fingerprint density at radius 2 is 2.12 bits per heavy atom. The molecule has 1 aromatic rings. The van der Waals surface area contributed by atoms with Gasteiger partial charge in [-0.25, -0.2) is 0 Å². The standard InChI is InChI=1S/C14H23NO2/c1-14(2,10-17-4)12-7-5-6-11(8-12)13(16)9-15-3/h5-8,13,15-16H,9-10H2,1-4H3. The van der Waals surface area contributed by atoms with Gasteiger partial charge in [-0.15, -0.1) is 0 Å². The maximum Gasteiger partial charge on any atom is 0.0914 e. The molecule has 0 aromatic heterocycles. The van der Waals surface area contributed by atoms with Gasteiger partial charge in [0.15, 0.2) is 0 Å². The molecule has 0 spiro atoms. The van der Waals surface area contributed by atoms with Crippen LogP contribution >= 0.6 is 0 Å². The Bertz CT molecular complexity index is 350. The topological polar surface area (TPSA) is 41.5 Å². The van der Waals surface area contributed by atoms with Crippen molar-refractivity contribution in [2.45, 2.75) is 25.4 Å². The van der Waals surface area contributed by atoms with Gasteiger partial charge in [-0.2, -0.15) is 0 Å². The van der Waals surface area contributed by atoms with E-state index in [-0.39, 0.29) is 5.41 Å². The van der Waals surface area contributed by atoms with Gasteiger partial charge in [0.1, 0.15) is 0 Å². The number of aliphatic hydroxyl groups excluding tert-OH is 1. The maximum atomic E-state index is 9.95. The largest absolute Gasteiger partial charge is 0.387 e.